The Morgan fingerprint density at radius 2 is 2.17 bits per heavy atom. The Bertz CT molecular complexity index is 312. The van der Waals surface area contributed by atoms with Crippen molar-refractivity contribution in [2.75, 3.05) is 13.1 Å². The molecule has 18 heavy (non-hydrogen) atoms. The Balaban J connectivity index is 1.51. The van der Waals surface area contributed by atoms with Crippen molar-refractivity contribution in [3.8, 4) is 0 Å². The van der Waals surface area contributed by atoms with E-state index in [2.05, 4.69) is 17.6 Å². The van der Waals surface area contributed by atoms with Crippen LogP contribution in [0.2, 0.25) is 0 Å². The van der Waals surface area contributed by atoms with E-state index >= 15 is 0 Å². The molecule has 3 rings (SSSR count). The van der Waals surface area contributed by atoms with Crippen LogP contribution in [0, 0.1) is 23.7 Å². The average molecular weight is 250 g/mol. The molecule has 3 nitrogen and oxygen atoms in total. The standard InChI is InChI=1S/C15H26N2O/c1-10(14-8-11-4-5-12(14)7-11)17-15(18)13-3-2-6-16-9-13/h10-14,16H,2-9H2,1H3,(H,17,18)/t10?,11?,12?,13-,14?/m1/s1. The third-order valence-electron chi connectivity index (χ3n) is 5.47. The monoisotopic (exact) mass is 250 g/mol. The van der Waals surface area contributed by atoms with E-state index in [1.54, 1.807) is 0 Å². The van der Waals surface area contributed by atoms with E-state index in [-0.39, 0.29) is 11.8 Å². The van der Waals surface area contributed by atoms with Gasteiger partial charge in [0, 0.05) is 12.6 Å². The molecule has 2 aliphatic carbocycles. The second-order valence-corrected chi connectivity index (χ2v) is 6.68. The van der Waals surface area contributed by atoms with Gasteiger partial charge >= 0.3 is 0 Å². The molecule has 2 saturated carbocycles. The fourth-order valence-electron chi connectivity index (χ4n) is 4.43. The summed E-state index contributed by atoms with van der Waals surface area (Å²) in [6, 6.07) is 0.384. The summed E-state index contributed by atoms with van der Waals surface area (Å²) in [7, 11) is 0. The minimum absolute atomic E-state index is 0.208. The van der Waals surface area contributed by atoms with Gasteiger partial charge in [0.1, 0.15) is 0 Å². The second kappa shape index (κ2) is 5.20. The van der Waals surface area contributed by atoms with Crippen molar-refractivity contribution in [3.05, 3.63) is 0 Å². The zero-order chi connectivity index (χ0) is 12.5. The Morgan fingerprint density at radius 3 is 2.78 bits per heavy atom. The van der Waals surface area contributed by atoms with Crippen LogP contribution in [0.5, 0.6) is 0 Å². The topological polar surface area (TPSA) is 41.1 Å². The number of fused-ring (bicyclic) bond motifs is 2. The van der Waals surface area contributed by atoms with Crippen LogP contribution < -0.4 is 10.6 Å². The van der Waals surface area contributed by atoms with Crippen LogP contribution >= 0.6 is 0 Å². The zero-order valence-electron chi connectivity index (χ0n) is 11.5. The summed E-state index contributed by atoms with van der Waals surface area (Å²) in [6.45, 7) is 4.17. The Hall–Kier alpha value is -0.570. The lowest BCUT2D eigenvalue weighted by molar-refractivity contribution is -0.126. The normalized spacial score (nSPS) is 40.7. The summed E-state index contributed by atoms with van der Waals surface area (Å²) in [4.78, 5) is 12.2. The molecule has 3 fully saturated rings. The highest BCUT2D eigenvalue weighted by Gasteiger charge is 2.42. The number of carbonyl (C=O) groups excluding carboxylic acids is 1. The maximum absolute atomic E-state index is 12.2. The van der Waals surface area contributed by atoms with Gasteiger partial charge in [-0.3, -0.25) is 4.79 Å². The summed E-state index contributed by atoms with van der Waals surface area (Å²) in [5.41, 5.74) is 0. The summed E-state index contributed by atoms with van der Waals surface area (Å²) in [5.74, 6) is 3.12. The van der Waals surface area contributed by atoms with E-state index in [1.807, 2.05) is 0 Å². The molecule has 4 unspecified atom stereocenters. The minimum atomic E-state index is 0.208. The minimum Gasteiger partial charge on any atom is -0.353 e. The van der Waals surface area contributed by atoms with E-state index in [1.165, 1.54) is 25.7 Å². The molecular weight excluding hydrogens is 224 g/mol. The SMILES string of the molecule is CC(NC(=O)[C@@H]1CCCNC1)C1CC2CCC1C2. The number of carbonyl (C=O) groups is 1. The smallest absolute Gasteiger partial charge is 0.224 e. The van der Waals surface area contributed by atoms with Gasteiger partial charge in [-0.05, 0) is 63.3 Å². The molecule has 1 saturated heterocycles. The number of piperidine rings is 1. The van der Waals surface area contributed by atoms with E-state index in [9.17, 15) is 4.79 Å². The van der Waals surface area contributed by atoms with Crippen LogP contribution in [-0.2, 0) is 4.79 Å². The summed E-state index contributed by atoms with van der Waals surface area (Å²) in [6.07, 6.45) is 7.82. The van der Waals surface area contributed by atoms with Crippen LogP contribution in [0.1, 0.15) is 45.4 Å². The molecule has 5 atom stereocenters. The highest BCUT2D eigenvalue weighted by Crippen LogP contribution is 2.49. The van der Waals surface area contributed by atoms with Gasteiger partial charge in [0.15, 0.2) is 0 Å². The van der Waals surface area contributed by atoms with Crippen LogP contribution in [0.15, 0.2) is 0 Å². The number of hydrogen-bond donors (Lipinski definition) is 2. The van der Waals surface area contributed by atoms with Crippen LogP contribution in [0.4, 0.5) is 0 Å². The molecule has 3 heteroatoms. The molecule has 102 valence electrons. The zero-order valence-corrected chi connectivity index (χ0v) is 11.5. The summed E-state index contributed by atoms with van der Waals surface area (Å²) >= 11 is 0. The fourth-order valence-corrected chi connectivity index (χ4v) is 4.43. The van der Waals surface area contributed by atoms with Crippen molar-refractivity contribution in [3.63, 3.8) is 0 Å². The first-order valence-corrected chi connectivity index (χ1v) is 7.75. The Labute approximate surface area is 110 Å². The summed E-state index contributed by atoms with van der Waals surface area (Å²) < 4.78 is 0. The second-order valence-electron chi connectivity index (χ2n) is 6.68. The predicted molar refractivity (Wildman–Crippen MR) is 72.1 cm³/mol. The molecule has 2 N–H and O–H groups in total. The lowest BCUT2D eigenvalue weighted by atomic mass is 9.83. The van der Waals surface area contributed by atoms with Crippen molar-refractivity contribution >= 4 is 5.91 Å². The van der Waals surface area contributed by atoms with E-state index in [0.29, 0.717) is 6.04 Å². The van der Waals surface area contributed by atoms with Gasteiger partial charge in [-0.1, -0.05) is 6.42 Å². The highest BCUT2D eigenvalue weighted by molar-refractivity contribution is 5.79. The molecule has 2 bridgehead atoms. The first kappa shape index (κ1) is 12.5. The molecule has 0 radical (unpaired) electrons. The molecule has 0 aromatic heterocycles. The number of rotatable bonds is 3. The fraction of sp³-hybridized carbons (Fsp3) is 0.933. The van der Waals surface area contributed by atoms with Crippen molar-refractivity contribution in [1.29, 1.82) is 0 Å². The maximum Gasteiger partial charge on any atom is 0.224 e. The largest absolute Gasteiger partial charge is 0.353 e. The van der Waals surface area contributed by atoms with Gasteiger partial charge in [0.2, 0.25) is 5.91 Å². The summed E-state index contributed by atoms with van der Waals surface area (Å²) in [5, 5.41) is 6.62. The van der Waals surface area contributed by atoms with Crippen molar-refractivity contribution < 1.29 is 4.79 Å². The number of nitrogens with one attached hydrogen (secondary N) is 2. The molecule has 1 heterocycles. The molecule has 0 spiro atoms. The van der Waals surface area contributed by atoms with Crippen LogP contribution in [-0.4, -0.2) is 25.0 Å². The molecule has 1 aliphatic heterocycles. The number of amides is 1. The Kier molecular flexibility index (Phi) is 3.60. The van der Waals surface area contributed by atoms with Crippen molar-refractivity contribution in [2.24, 2.45) is 23.7 Å². The lowest BCUT2D eigenvalue weighted by Crippen LogP contribution is -2.46. The van der Waals surface area contributed by atoms with Gasteiger partial charge in [-0.2, -0.15) is 0 Å². The van der Waals surface area contributed by atoms with E-state index in [4.69, 9.17) is 0 Å². The van der Waals surface area contributed by atoms with Gasteiger partial charge in [-0.15, -0.1) is 0 Å². The Morgan fingerprint density at radius 1 is 1.28 bits per heavy atom. The molecule has 0 aromatic carbocycles. The molecule has 0 aromatic rings. The van der Waals surface area contributed by atoms with Gasteiger partial charge in [0.25, 0.3) is 0 Å². The highest BCUT2D eigenvalue weighted by atomic mass is 16.2. The molecule has 3 aliphatic rings. The molecular formula is C15H26N2O. The first-order chi connectivity index (χ1) is 8.74. The van der Waals surface area contributed by atoms with Gasteiger partial charge in [-0.25, -0.2) is 0 Å². The predicted octanol–water partition coefficient (Wildman–Crippen LogP) is 1.93. The third kappa shape index (κ3) is 2.42. The number of hydrogen-bond acceptors (Lipinski definition) is 2. The lowest BCUT2D eigenvalue weighted by Gasteiger charge is -2.30. The quantitative estimate of drug-likeness (QED) is 0.803. The van der Waals surface area contributed by atoms with E-state index in [0.717, 1.165) is 43.7 Å². The van der Waals surface area contributed by atoms with Crippen molar-refractivity contribution in [2.45, 2.75) is 51.5 Å². The van der Waals surface area contributed by atoms with E-state index < -0.39 is 0 Å². The van der Waals surface area contributed by atoms with Crippen molar-refractivity contribution in [1.82, 2.24) is 10.6 Å². The maximum atomic E-state index is 12.2. The van der Waals surface area contributed by atoms with Crippen LogP contribution in [0.25, 0.3) is 0 Å². The first-order valence-electron chi connectivity index (χ1n) is 7.75. The van der Waals surface area contributed by atoms with Gasteiger partial charge in [0.05, 0.1) is 5.92 Å². The average Bonchev–Trinajstić information content (AvgIpc) is 3.02. The van der Waals surface area contributed by atoms with Crippen LogP contribution in [0.3, 0.4) is 0 Å². The van der Waals surface area contributed by atoms with Gasteiger partial charge < -0.3 is 10.6 Å². The third-order valence-corrected chi connectivity index (χ3v) is 5.47. The molecule has 1 amide bonds.